The fourth-order valence-electron chi connectivity index (χ4n) is 8.63. The average Bonchev–Trinajstić information content (AvgIpc) is 3.40. The molecule has 0 rings (SSSR count). The van der Waals surface area contributed by atoms with Gasteiger partial charge in [0.05, 0.1) is 33.8 Å². The van der Waals surface area contributed by atoms with Gasteiger partial charge < -0.3 is 19.4 Å². The van der Waals surface area contributed by atoms with Gasteiger partial charge in [0.25, 0.3) is 0 Å². The summed E-state index contributed by atoms with van der Waals surface area (Å²) in [6, 6.07) is -0.869. The monoisotopic (exact) mass is 1110 g/mol. The molecule has 9 nitrogen and oxygen atoms in total. The number of carbonyl (C=O) groups excluding carboxylic acids is 2. The lowest BCUT2D eigenvalue weighted by atomic mass is 10.0. The van der Waals surface area contributed by atoms with Gasteiger partial charge in [0.2, 0.25) is 5.91 Å². The first kappa shape index (κ1) is 74.7. The Morgan fingerprint density at radius 1 is 0.462 bits per heavy atom. The number of hydrogen-bond acceptors (Lipinski definition) is 6. The highest BCUT2D eigenvalue weighted by molar-refractivity contribution is 7.47. The smallest absolute Gasteiger partial charge is 0.456 e. The maximum Gasteiger partial charge on any atom is 0.472 e. The molecule has 10 heteroatoms. The number of esters is 1. The first-order chi connectivity index (χ1) is 37.9. The highest BCUT2D eigenvalue weighted by Gasteiger charge is 2.30. The van der Waals surface area contributed by atoms with Crippen LogP contribution in [0.1, 0.15) is 258 Å². The molecule has 0 bridgehead atoms. The number of likely N-dealkylation sites (N-methyl/N-ethyl adjacent to an activating group) is 1. The molecule has 0 saturated carbocycles. The van der Waals surface area contributed by atoms with Crippen LogP contribution >= 0.6 is 7.82 Å². The molecule has 3 atom stereocenters. The maximum atomic E-state index is 13.5. The molecular formula is C68H120N2O7P+. The van der Waals surface area contributed by atoms with E-state index in [1.807, 2.05) is 33.3 Å². The fraction of sp³-hybridized carbons (Fsp3) is 0.706. The zero-order valence-corrected chi connectivity index (χ0v) is 52.0. The number of phosphoric acid groups is 1. The van der Waals surface area contributed by atoms with Gasteiger partial charge in [-0.1, -0.05) is 246 Å². The summed E-state index contributed by atoms with van der Waals surface area (Å²) in [5.74, 6) is -0.542. The summed E-state index contributed by atoms with van der Waals surface area (Å²) >= 11 is 0. The van der Waals surface area contributed by atoms with Crippen LogP contribution in [0.4, 0.5) is 0 Å². The molecule has 0 aliphatic carbocycles. The zero-order valence-electron chi connectivity index (χ0n) is 51.1. The summed E-state index contributed by atoms with van der Waals surface area (Å²) in [6.07, 6.45) is 78.0. The van der Waals surface area contributed by atoms with Crippen LogP contribution in [-0.2, 0) is 27.9 Å². The zero-order chi connectivity index (χ0) is 57.2. The van der Waals surface area contributed by atoms with E-state index in [9.17, 15) is 19.0 Å². The van der Waals surface area contributed by atoms with Crippen molar-refractivity contribution in [1.82, 2.24) is 5.32 Å². The highest BCUT2D eigenvalue weighted by Crippen LogP contribution is 2.43. The number of carbonyl (C=O) groups is 2. The summed E-state index contributed by atoms with van der Waals surface area (Å²) < 4.78 is 30.7. The van der Waals surface area contributed by atoms with E-state index < -0.39 is 20.0 Å². The van der Waals surface area contributed by atoms with Crippen molar-refractivity contribution in [3.8, 4) is 0 Å². The van der Waals surface area contributed by atoms with E-state index in [-0.39, 0.29) is 31.5 Å². The molecule has 0 aliphatic rings. The second kappa shape index (κ2) is 56.9. The van der Waals surface area contributed by atoms with Crippen molar-refractivity contribution in [3.05, 3.63) is 109 Å². The molecule has 0 spiro atoms. The van der Waals surface area contributed by atoms with Gasteiger partial charge in [-0.3, -0.25) is 18.6 Å². The van der Waals surface area contributed by atoms with Crippen LogP contribution in [0.3, 0.4) is 0 Å². The van der Waals surface area contributed by atoms with E-state index in [1.54, 1.807) is 0 Å². The molecule has 0 fully saturated rings. The molecule has 0 radical (unpaired) electrons. The largest absolute Gasteiger partial charge is 0.472 e. The number of hydrogen-bond donors (Lipinski definition) is 2. The Kier molecular flexibility index (Phi) is 54.5. The van der Waals surface area contributed by atoms with Gasteiger partial charge >= 0.3 is 13.8 Å². The second-order valence-corrected chi connectivity index (χ2v) is 23.6. The number of quaternary nitrogens is 1. The Balaban J connectivity index is 5.21. The molecule has 448 valence electrons. The minimum absolute atomic E-state index is 0.0296. The predicted octanol–water partition coefficient (Wildman–Crippen LogP) is 19.7. The SMILES string of the molecule is CC/C=C\C/C=C\C/C=C\C/C=C\C/C=C\CCCCCCCCCCCC(=O)OC(/C=C\CCCCCCCCCCCCC)C(COP(=O)(O)OCC[N+](C)(C)C)NC(=O)CCCCCC/C=C/C/C=C/C/C=C/CC. The van der Waals surface area contributed by atoms with E-state index in [1.165, 1.54) is 89.9 Å². The first-order valence-corrected chi connectivity index (χ1v) is 33.2. The molecule has 0 heterocycles. The molecule has 0 aromatic rings. The molecule has 3 unspecified atom stereocenters. The number of allylic oxidation sites excluding steroid dienone is 17. The van der Waals surface area contributed by atoms with Crippen molar-refractivity contribution in [3.63, 3.8) is 0 Å². The van der Waals surface area contributed by atoms with Gasteiger partial charge in [0.1, 0.15) is 19.3 Å². The van der Waals surface area contributed by atoms with Gasteiger partial charge in [-0.2, -0.15) is 0 Å². The molecule has 0 aromatic carbocycles. The minimum Gasteiger partial charge on any atom is -0.456 e. The van der Waals surface area contributed by atoms with E-state index in [2.05, 4.69) is 123 Å². The van der Waals surface area contributed by atoms with Crippen LogP contribution in [0.15, 0.2) is 109 Å². The van der Waals surface area contributed by atoms with Crippen molar-refractivity contribution in [2.24, 2.45) is 0 Å². The van der Waals surface area contributed by atoms with E-state index >= 15 is 0 Å². The van der Waals surface area contributed by atoms with Gasteiger partial charge in [0, 0.05) is 12.8 Å². The Bertz CT molecular complexity index is 1700. The molecule has 0 aromatic heterocycles. The molecule has 0 saturated heterocycles. The van der Waals surface area contributed by atoms with Crippen LogP contribution in [0.25, 0.3) is 0 Å². The number of rotatable bonds is 56. The molecule has 1 amide bonds. The lowest BCUT2D eigenvalue weighted by Gasteiger charge is -2.27. The second-order valence-electron chi connectivity index (χ2n) is 22.2. The topological polar surface area (TPSA) is 111 Å². The van der Waals surface area contributed by atoms with Gasteiger partial charge in [0.15, 0.2) is 0 Å². The van der Waals surface area contributed by atoms with Crippen molar-refractivity contribution < 1.29 is 37.3 Å². The summed E-state index contributed by atoms with van der Waals surface area (Å²) in [5, 5.41) is 3.04. The molecule has 0 aliphatic heterocycles. The Labute approximate surface area is 481 Å². The van der Waals surface area contributed by atoms with Crippen LogP contribution in [0, 0.1) is 0 Å². The summed E-state index contributed by atoms with van der Waals surface area (Å²) in [6.45, 7) is 6.76. The molecule has 2 N–H and O–H groups in total. The lowest BCUT2D eigenvalue weighted by Crippen LogP contribution is -2.47. The van der Waals surface area contributed by atoms with E-state index in [0.717, 1.165) is 135 Å². The predicted molar refractivity (Wildman–Crippen MR) is 337 cm³/mol. The third-order valence-corrected chi connectivity index (χ3v) is 14.4. The fourth-order valence-corrected chi connectivity index (χ4v) is 9.36. The Morgan fingerprint density at radius 3 is 1.23 bits per heavy atom. The van der Waals surface area contributed by atoms with E-state index in [0.29, 0.717) is 17.4 Å². The first-order valence-electron chi connectivity index (χ1n) is 31.7. The van der Waals surface area contributed by atoms with Crippen molar-refractivity contribution in [2.75, 3.05) is 40.9 Å². The number of ether oxygens (including phenoxy) is 1. The number of unbranched alkanes of at least 4 members (excludes halogenated alkanes) is 24. The summed E-state index contributed by atoms with van der Waals surface area (Å²) in [7, 11) is 1.46. The lowest BCUT2D eigenvalue weighted by molar-refractivity contribution is -0.870. The Morgan fingerprint density at radius 2 is 0.821 bits per heavy atom. The Hall–Kier alpha value is -3.33. The van der Waals surface area contributed by atoms with Crippen LogP contribution < -0.4 is 5.32 Å². The quantitative estimate of drug-likeness (QED) is 0.0205. The minimum atomic E-state index is -4.46. The van der Waals surface area contributed by atoms with Gasteiger partial charge in [-0.05, 0) is 109 Å². The van der Waals surface area contributed by atoms with Crippen molar-refractivity contribution >= 4 is 19.7 Å². The van der Waals surface area contributed by atoms with Crippen molar-refractivity contribution in [1.29, 1.82) is 0 Å². The number of nitrogens with one attached hydrogen (secondary N) is 1. The standard InChI is InChI=1S/C68H119N2O7P/c1-7-10-13-16-19-22-25-28-30-31-32-33-34-35-36-37-38-39-40-43-46-49-52-55-58-61-68(72)77-66(59-56-53-50-47-44-41-27-24-21-18-15-12-9-3)65(64-76-78(73,74)75-63-62-70(4,5)6)69-67(71)60-57-54-51-48-45-42-29-26-23-20-17-14-11-8-2/h10-11,13-14,19-20,22-23,28-30,32-33,35-36,42,56,59,65-66H,7-9,12,15-18,21,24-27,31,34,37-41,43-55,57-58,60-64H2,1-6H3,(H-,69,71,73,74)/p+1/b13-10-,14-11+,22-19-,23-20+,30-28-,33-32-,36-35-,42-29+,59-56-. The number of amides is 1. The molecular weight excluding hydrogens is 988 g/mol. The van der Waals surface area contributed by atoms with Crippen LogP contribution in [0.2, 0.25) is 0 Å². The number of phosphoric ester groups is 1. The summed E-state index contributed by atoms with van der Waals surface area (Å²) in [5.41, 5.74) is 0. The van der Waals surface area contributed by atoms with Crippen LogP contribution in [0.5, 0.6) is 0 Å². The van der Waals surface area contributed by atoms with Crippen molar-refractivity contribution in [2.45, 2.75) is 270 Å². The van der Waals surface area contributed by atoms with Gasteiger partial charge in [-0.15, -0.1) is 0 Å². The average molecular weight is 1110 g/mol. The van der Waals surface area contributed by atoms with E-state index in [4.69, 9.17) is 13.8 Å². The highest BCUT2D eigenvalue weighted by atomic mass is 31.2. The normalized spacial score (nSPS) is 14.4. The number of nitrogens with zero attached hydrogens (tertiary/aromatic N) is 1. The van der Waals surface area contributed by atoms with Gasteiger partial charge in [-0.25, -0.2) is 4.57 Å². The summed E-state index contributed by atoms with van der Waals surface area (Å²) in [4.78, 5) is 37.7. The molecule has 78 heavy (non-hydrogen) atoms. The maximum absolute atomic E-state index is 13.5. The third kappa shape index (κ3) is 57.4. The third-order valence-electron chi connectivity index (χ3n) is 13.5. The van der Waals surface area contributed by atoms with Crippen LogP contribution in [-0.4, -0.2) is 74.3 Å².